The fourth-order valence-electron chi connectivity index (χ4n) is 4.33. The molecule has 0 spiro atoms. The van der Waals surface area contributed by atoms with Gasteiger partial charge >= 0.3 is 0 Å². The normalized spacial score (nSPS) is 31.5. The monoisotopic (exact) mass is 266 g/mol. The molecular formula is C16H30N2O. The van der Waals surface area contributed by atoms with Gasteiger partial charge in [-0.05, 0) is 56.8 Å². The summed E-state index contributed by atoms with van der Waals surface area (Å²) < 4.78 is 0. The second-order valence-corrected chi connectivity index (χ2v) is 6.79. The van der Waals surface area contributed by atoms with Crippen molar-refractivity contribution < 1.29 is 4.79 Å². The molecule has 2 rings (SSSR count). The van der Waals surface area contributed by atoms with Crippen molar-refractivity contribution in [2.45, 2.75) is 65.3 Å². The maximum atomic E-state index is 12.5. The first-order chi connectivity index (χ1) is 9.06. The Hall–Kier alpha value is -0.570. The number of amides is 1. The molecule has 110 valence electrons. The van der Waals surface area contributed by atoms with Crippen LogP contribution in [0.2, 0.25) is 0 Å². The van der Waals surface area contributed by atoms with Gasteiger partial charge in [-0.2, -0.15) is 0 Å². The summed E-state index contributed by atoms with van der Waals surface area (Å²) in [5.41, 5.74) is 5.50. The summed E-state index contributed by atoms with van der Waals surface area (Å²) in [4.78, 5) is 12.5. The van der Waals surface area contributed by atoms with Crippen LogP contribution in [0.4, 0.5) is 0 Å². The molecule has 3 nitrogen and oxygen atoms in total. The summed E-state index contributed by atoms with van der Waals surface area (Å²) in [6, 6.07) is 0.312. The molecule has 19 heavy (non-hydrogen) atoms. The van der Waals surface area contributed by atoms with Crippen molar-refractivity contribution in [2.75, 3.05) is 6.54 Å². The first-order valence-electron chi connectivity index (χ1n) is 8.07. The van der Waals surface area contributed by atoms with Crippen LogP contribution in [0.3, 0.4) is 0 Å². The van der Waals surface area contributed by atoms with Crippen LogP contribution in [-0.2, 0) is 4.79 Å². The summed E-state index contributed by atoms with van der Waals surface area (Å²) in [5, 5.41) is 3.28. The number of hydrogen-bond donors (Lipinski definition) is 2. The summed E-state index contributed by atoms with van der Waals surface area (Å²) in [5.74, 6) is 2.67. The van der Waals surface area contributed by atoms with Gasteiger partial charge in [0.25, 0.3) is 0 Å². The van der Waals surface area contributed by atoms with Crippen LogP contribution in [0.1, 0.15) is 59.3 Å². The van der Waals surface area contributed by atoms with Crippen LogP contribution in [0.25, 0.3) is 0 Å². The minimum atomic E-state index is -0.355. The molecule has 2 fully saturated rings. The fourth-order valence-corrected chi connectivity index (χ4v) is 4.33. The van der Waals surface area contributed by atoms with Crippen LogP contribution in [0.15, 0.2) is 0 Å². The molecule has 3 heteroatoms. The molecule has 4 unspecified atom stereocenters. The van der Waals surface area contributed by atoms with Crippen LogP contribution >= 0.6 is 0 Å². The molecule has 2 bridgehead atoms. The highest BCUT2D eigenvalue weighted by Gasteiger charge is 2.43. The molecule has 0 aromatic rings. The maximum Gasteiger partial charge on any atom is 0.227 e. The first-order valence-corrected chi connectivity index (χ1v) is 8.07. The lowest BCUT2D eigenvalue weighted by molar-refractivity contribution is -0.132. The Bertz CT molecular complexity index is 316. The number of hydrogen-bond acceptors (Lipinski definition) is 2. The summed E-state index contributed by atoms with van der Waals surface area (Å²) >= 11 is 0. The Morgan fingerprint density at radius 3 is 2.42 bits per heavy atom. The number of carbonyl (C=O) groups is 1. The molecule has 2 aliphatic rings. The Balaban J connectivity index is 1.94. The Kier molecular flexibility index (Phi) is 4.54. The van der Waals surface area contributed by atoms with Crippen LogP contribution in [-0.4, -0.2) is 18.5 Å². The highest BCUT2D eigenvalue weighted by Crippen LogP contribution is 2.49. The van der Waals surface area contributed by atoms with Gasteiger partial charge in [-0.15, -0.1) is 0 Å². The Morgan fingerprint density at radius 2 is 2.00 bits per heavy atom. The zero-order chi connectivity index (χ0) is 14.0. The lowest BCUT2D eigenvalue weighted by atomic mass is 9.79. The van der Waals surface area contributed by atoms with Crippen molar-refractivity contribution in [1.82, 2.24) is 5.32 Å². The number of nitrogens with one attached hydrogen (secondary N) is 1. The van der Waals surface area contributed by atoms with E-state index >= 15 is 0 Å². The van der Waals surface area contributed by atoms with Gasteiger partial charge < -0.3 is 11.1 Å². The first kappa shape index (κ1) is 14.8. The minimum Gasteiger partial charge on any atom is -0.353 e. The summed E-state index contributed by atoms with van der Waals surface area (Å²) in [7, 11) is 0. The van der Waals surface area contributed by atoms with E-state index in [1.165, 1.54) is 25.7 Å². The van der Waals surface area contributed by atoms with Gasteiger partial charge in [0.05, 0.1) is 5.41 Å². The zero-order valence-corrected chi connectivity index (χ0v) is 12.7. The van der Waals surface area contributed by atoms with E-state index in [9.17, 15) is 4.79 Å². The van der Waals surface area contributed by atoms with Crippen molar-refractivity contribution >= 4 is 5.91 Å². The average Bonchev–Trinajstić information content (AvgIpc) is 3.03. The zero-order valence-electron chi connectivity index (χ0n) is 12.7. The third kappa shape index (κ3) is 2.67. The molecule has 3 N–H and O–H groups in total. The molecule has 2 aliphatic carbocycles. The smallest absolute Gasteiger partial charge is 0.227 e. The third-order valence-corrected chi connectivity index (χ3v) is 6.02. The van der Waals surface area contributed by atoms with Crippen molar-refractivity contribution in [2.24, 2.45) is 28.9 Å². The molecule has 0 aliphatic heterocycles. The van der Waals surface area contributed by atoms with Gasteiger partial charge in [0.15, 0.2) is 0 Å². The average molecular weight is 266 g/mol. The molecule has 4 atom stereocenters. The molecule has 0 saturated heterocycles. The maximum absolute atomic E-state index is 12.5. The van der Waals surface area contributed by atoms with Crippen molar-refractivity contribution in [3.8, 4) is 0 Å². The van der Waals surface area contributed by atoms with Crippen molar-refractivity contribution in [1.29, 1.82) is 0 Å². The van der Waals surface area contributed by atoms with E-state index in [1.54, 1.807) is 0 Å². The quantitative estimate of drug-likeness (QED) is 0.776. The molecule has 2 saturated carbocycles. The van der Waals surface area contributed by atoms with E-state index in [0.29, 0.717) is 18.5 Å². The predicted molar refractivity (Wildman–Crippen MR) is 78.6 cm³/mol. The van der Waals surface area contributed by atoms with Gasteiger partial charge in [0, 0.05) is 12.6 Å². The van der Waals surface area contributed by atoms with E-state index in [0.717, 1.165) is 24.7 Å². The Morgan fingerprint density at radius 1 is 1.32 bits per heavy atom. The summed E-state index contributed by atoms with van der Waals surface area (Å²) in [6.07, 6.45) is 7.16. The van der Waals surface area contributed by atoms with Gasteiger partial charge in [-0.3, -0.25) is 4.79 Å². The second-order valence-electron chi connectivity index (χ2n) is 6.79. The molecule has 0 aromatic heterocycles. The topological polar surface area (TPSA) is 55.1 Å². The highest BCUT2D eigenvalue weighted by molar-refractivity contribution is 5.83. The predicted octanol–water partition coefficient (Wildman–Crippen LogP) is 2.69. The minimum absolute atomic E-state index is 0.176. The Labute approximate surface area is 117 Å². The largest absolute Gasteiger partial charge is 0.353 e. The fraction of sp³-hybridized carbons (Fsp3) is 0.938. The number of fused-ring (bicyclic) bond motifs is 2. The number of carbonyl (C=O) groups excluding carboxylic acids is 1. The van der Waals surface area contributed by atoms with Crippen LogP contribution in [0, 0.1) is 23.2 Å². The molecular weight excluding hydrogens is 236 g/mol. The number of rotatable bonds is 6. The standard InChI is InChI=1S/C16H30N2O/c1-4-16(5-2,10-17)15(19)18-11(3)14-9-12-6-7-13(14)8-12/h11-14H,4-10,17H2,1-3H3,(H,18,19). The van der Waals surface area contributed by atoms with Gasteiger partial charge in [0.2, 0.25) is 5.91 Å². The van der Waals surface area contributed by atoms with Gasteiger partial charge in [-0.1, -0.05) is 20.3 Å². The van der Waals surface area contributed by atoms with Crippen molar-refractivity contribution in [3.05, 3.63) is 0 Å². The van der Waals surface area contributed by atoms with E-state index in [1.807, 2.05) is 0 Å². The van der Waals surface area contributed by atoms with Gasteiger partial charge in [-0.25, -0.2) is 0 Å². The highest BCUT2D eigenvalue weighted by atomic mass is 16.2. The lowest BCUT2D eigenvalue weighted by Gasteiger charge is -2.34. The van der Waals surface area contributed by atoms with E-state index in [2.05, 4.69) is 26.1 Å². The molecule has 0 radical (unpaired) electrons. The third-order valence-electron chi connectivity index (χ3n) is 6.02. The second kappa shape index (κ2) is 5.82. The van der Waals surface area contributed by atoms with E-state index in [4.69, 9.17) is 5.73 Å². The van der Waals surface area contributed by atoms with Crippen molar-refractivity contribution in [3.63, 3.8) is 0 Å². The van der Waals surface area contributed by atoms with E-state index in [-0.39, 0.29) is 11.3 Å². The molecule has 0 heterocycles. The molecule has 0 aromatic carbocycles. The van der Waals surface area contributed by atoms with Gasteiger partial charge in [0.1, 0.15) is 0 Å². The van der Waals surface area contributed by atoms with E-state index < -0.39 is 0 Å². The number of nitrogens with two attached hydrogens (primary N) is 1. The lowest BCUT2D eigenvalue weighted by Crippen LogP contribution is -2.50. The summed E-state index contributed by atoms with van der Waals surface area (Å²) in [6.45, 7) is 6.78. The SMILES string of the molecule is CCC(CC)(CN)C(=O)NC(C)C1CC2CCC1C2. The molecule has 1 amide bonds. The van der Waals surface area contributed by atoms with Crippen LogP contribution in [0.5, 0.6) is 0 Å². The van der Waals surface area contributed by atoms with Crippen LogP contribution < -0.4 is 11.1 Å².